The molecule has 1 aromatic rings. The molecule has 1 aromatic carbocycles. The number of halogens is 6. The first-order valence-corrected chi connectivity index (χ1v) is 5.96. The van der Waals surface area contributed by atoms with Crippen molar-refractivity contribution in [2.24, 2.45) is 0 Å². The van der Waals surface area contributed by atoms with Gasteiger partial charge in [-0.1, -0.05) is 17.7 Å². The molecule has 0 heterocycles. The standard InChI is InChI=1S/C12H12ClF5O2/c13-9-4-7(1-2-10(9)14)3-8(19)5-20-6-12(17,18)11(15)16/h1-2,4,8,11,19H,3,5-6H2. The molecule has 0 saturated heterocycles. The highest BCUT2D eigenvalue weighted by Crippen LogP contribution is 2.23. The van der Waals surface area contributed by atoms with Crippen molar-refractivity contribution in [3.63, 3.8) is 0 Å². The van der Waals surface area contributed by atoms with Crippen molar-refractivity contribution in [3.8, 4) is 0 Å². The lowest BCUT2D eigenvalue weighted by molar-refractivity contribution is -0.170. The monoisotopic (exact) mass is 318 g/mol. The van der Waals surface area contributed by atoms with E-state index in [1.165, 1.54) is 12.1 Å². The molecule has 0 amide bonds. The van der Waals surface area contributed by atoms with Gasteiger partial charge in [0, 0.05) is 6.42 Å². The van der Waals surface area contributed by atoms with Crippen molar-refractivity contribution in [1.29, 1.82) is 0 Å². The lowest BCUT2D eigenvalue weighted by Gasteiger charge is -2.17. The highest BCUT2D eigenvalue weighted by atomic mass is 35.5. The quantitative estimate of drug-likeness (QED) is 0.782. The SMILES string of the molecule is OC(COCC(F)(F)C(F)F)Cc1ccc(F)c(Cl)c1. The molecule has 2 nitrogen and oxygen atoms in total. The minimum atomic E-state index is -4.25. The predicted octanol–water partition coefficient (Wildman–Crippen LogP) is 3.30. The maximum Gasteiger partial charge on any atom is 0.330 e. The van der Waals surface area contributed by atoms with E-state index < -0.39 is 37.5 Å². The first kappa shape index (κ1) is 17.1. The van der Waals surface area contributed by atoms with Crippen LogP contribution in [0.2, 0.25) is 5.02 Å². The van der Waals surface area contributed by atoms with Crippen molar-refractivity contribution < 1.29 is 31.8 Å². The number of benzene rings is 1. The summed E-state index contributed by atoms with van der Waals surface area (Å²) in [6.07, 6.45) is -5.04. The second kappa shape index (κ2) is 7.19. The molecule has 0 aliphatic heterocycles. The van der Waals surface area contributed by atoms with Gasteiger partial charge >= 0.3 is 12.3 Å². The topological polar surface area (TPSA) is 29.5 Å². The van der Waals surface area contributed by atoms with Gasteiger partial charge in [-0.2, -0.15) is 8.78 Å². The summed E-state index contributed by atoms with van der Waals surface area (Å²) in [7, 11) is 0. The lowest BCUT2D eigenvalue weighted by atomic mass is 10.1. The first-order valence-electron chi connectivity index (χ1n) is 5.58. The number of alkyl halides is 4. The van der Waals surface area contributed by atoms with E-state index in [-0.39, 0.29) is 11.4 Å². The van der Waals surface area contributed by atoms with E-state index in [0.717, 1.165) is 6.07 Å². The molecule has 0 fully saturated rings. The van der Waals surface area contributed by atoms with Crippen LogP contribution >= 0.6 is 11.6 Å². The van der Waals surface area contributed by atoms with Crippen molar-refractivity contribution >= 4 is 11.6 Å². The lowest BCUT2D eigenvalue weighted by Crippen LogP contribution is -2.34. The largest absolute Gasteiger partial charge is 0.390 e. The van der Waals surface area contributed by atoms with Crippen molar-refractivity contribution in [2.45, 2.75) is 24.9 Å². The Labute approximate surface area is 117 Å². The Kier molecular flexibility index (Phi) is 6.16. The van der Waals surface area contributed by atoms with Gasteiger partial charge in [0.25, 0.3) is 0 Å². The highest BCUT2D eigenvalue weighted by Gasteiger charge is 2.41. The van der Waals surface area contributed by atoms with Gasteiger partial charge < -0.3 is 9.84 Å². The number of aliphatic hydroxyl groups is 1. The Morgan fingerprint density at radius 1 is 1.30 bits per heavy atom. The molecule has 1 rings (SSSR count). The van der Waals surface area contributed by atoms with E-state index in [1.807, 2.05) is 0 Å². The van der Waals surface area contributed by atoms with E-state index in [0.29, 0.717) is 5.56 Å². The third-order valence-corrected chi connectivity index (χ3v) is 2.67. The van der Waals surface area contributed by atoms with Gasteiger partial charge in [-0.05, 0) is 17.7 Å². The van der Waals surface area contributed by atoms with E-state index >= 15 is 0 Å². The fourth-order valence-corrected chi connectivity index (χ4v) is 1.59. The summed E-state index contributed by atoms with van der Waals surface area (Å²) in [5.74, 6) is -4.88. The van der Waals surface area contributed by atoms with Crippen molar-refractivity contribution in [3.05, 3.63) is 34.6 Å². The Morgan fingerprint density at radius 2 is 1.95 bits per heavy atom. The average Bonchev–Trinajstić information content (AvgIpc) is 2.33. The van der Waals surface area contributed by atoms with Crippen LogP contribution in [-0.2, 0) is 11.2 Å². The van der Waals surface area contributed by atoms with E-state index in [4.69, 9.17) is 11.6 Å². The molecule has 0 radical (unpaired) electrons. The third kappa shape index (κ3) is 5.22. The molecule has 0 spiro atoms. The zero-order valence-corrected chi connectivity index (χ0v) is 10.9. The maximum absolute atomic E-state index is 12.9. The molecule has 0 aliphatic rings. The molecule has 114 valence electrons. The van der Waals surface area contributed by atoms with Crippen LogP contribution in [0.15, 0.2) is 18.2 Å². The summed E-state index contributed by atoms with van der Waals surface area (Å²) in [6.45, 7) is -2.02. The molecule has 1 atom stereocenters. The highest BCUT2D eigenvalue weighted by molar-refractivity contribution is 6.30. The molecule has 8 heteroatoms. The van der Waals surface area contributed by atoms with Crippen LogP contribution in [0, 0.1) is 5.82 Å². The minimum Gasteiger partial charge on any atom is -0.390 e. The molecular formula is C12H12ClF5O2. The predicted molar refractivity (Wildman–Crippen MR) is 62.9 cm³/mol. The molecular weight excluding hydrogens is 307 g/mol. The van der Waals surface area contributed by atoms with Gasteiger partial charge in [-0.15, -0.1) is 0 Å². The Balaban J connectivity index is 2.40. The second-order valence-corrected chi connectivity index (χ2v) is 4.59. The third-order valence-electron chi connectivity index (χ3n) is 2.38. The number of ether oxygens (including phenoxy) is 1. The summed E-state index contributed by atoms with van der Waals surface area (Å²) in [6, 6.07) is 3.72. The summed E-state index contributed by atoms with van der Waals surface area (Å²) in [5.41, 5.74) is 0.466. The number of aliphatic hydroxyl groups excluding tert-OH is 1. The van der Waals surface area contributed by atoms with Crippen LogP contribution in [0.4, 0.5) is 22.0 Å². The van der Waals surface area contributed by atoms with E-state index in [9.17, 15) is 27.1 Å². The Morgan fingerprint density at radius 3 is 2.50 bits per heavy atom. The maximum atomic E-state index is 12.9. The van der Waals surface area contributed by atoms with Gasteiger partial charge in [0.2, 0.25) is 0 Å². The van der Waals surface area contributed by atoms with Crippen molar-refractivity contribution in [2.75, 3.05) is 13.2 Å². The molecule has 20 heavy (non-hydrogen) atoms. The van der Waals surface area contributed by atoms with Gasteiger partial charge in [-0.25, -0.2) is 13.2 Å². The van der Waals surface area contributed by atoms with Crippen LogP contribution < -0.4 is 0 Å². The molecule has 0 saturated carbocycles. The van der Waals surface area contributed by atoms with Gasteiger partial charge in [0.15, 0.2) is 0 Å². The van der Waals surface area contributed by atoms with Gasteiger partial charge in [0.05, 0.1) is 17.7 Å². The fourth-order valence-electron chi connectivity index (χ4n) is 1.39. The zero-order valence-electron chi connectivity index (χ0n) is 10.1. The number of hydrogen-bond donors (Lipinski definition) is 1. The molecule has 1 N–H and O–H groups in total. The summed E-state index contributed by atoms with van der Waals surface area (Å²) in [4.78, 5) is 0. The Bertz CT molecular complexity index is 442. The van der Waals surface area contributed by atoms with Crippen LogP contribution in [0.25, 0.3) is 0 Å². The molecule has 0 aliphatic carbocycles. The smallest absolute Gasteiger partial charge is 0.330 e. The van der Waals surface area contributed by atoms with Crippen molar-refractivity contribution in [1.82, 2.24) is 0 Å². The second-order valence-electron chi connectivity index (χ2n) is 4.18. The summed E-state index contributed by atoms with van der Waals surface area (Å²) >= 11 is 5.53. The number of rotatable bonds is 7. The number of hydrogen-bond acceptors (Lipinski definition) is 2. The fraction of sp³-hybridized carbons (Fsp3) is 0.500. The molecule has 0 bridgehead atoms. The first-order chi connectivity index (χ1) is 9.22. The van der Waals surface area contributed by atoms with Crippen LogP contribution in [0.1, 0.15) is 5.56 Å². The van der Waals surface area contributed by atoms with E-state index in [1.54, 1.807) is 0 Å². The summed E-state index contributed by atoms with van der Waals surface area (Å²) < 4.78 is 65.9. The molecule has 1 unspecified atom stereocenters. The Hall–Kier alpha value is -0.920. The van der Waals surface area contributed by atoms with Gasteiger partial charge in [0.1, 0.15) is 12.4 Å². The normalized spacial score (nSPS) is 13.8. The zero-order chi connectivity index (χ0) is 15.3. The summed E-state index contributed by atoms with van der Waals surface area (Å²) in [5, 5.41) is 9.36. The van der Waals surface area contributed by atoms with Gasteiger partial charge in [-0.3, -0.25) is 0 Å². The molecule has 0 aromatic heterocycles. The van der Waals surface area contributed by atoms with Crippen LogP contribution in [-0.4, -0.2) is 36.8 Å². The minimum absolute atomic E-state index is 0.0275. The van der Waals surface area contributed by atoms with E-state index in [2.05, 4.69) is 4.74 Å². The van der Waals surface area contributed by atoms with Crippen LogP contribution in [0.3, 0.4) is 0 Å². The van der Waals surface area contributed by atoms with Crippen LogP contribution in [0.5, 0.6) is 0 Å². The average molecular weight is 319 g/mol.